The van der Waals surface area contributed by atoms with E-state index in [4.69, 9.17) is 9.94 Å². The molecule has 29 heavy (non-hydrogen) atoms. The Morgan fingerprint density at radius 3 is 2.76 bits per heavy atom. The largest absolute Gasteiger partial charge is 0.376 e. The highest BCUT2D eigenvalue weighted by Gasteiger charge is 2.21. The number of anilines is 1. The summed E-state index contributed by atoms with van der Waals surface area (Å²) >= 11 is 0. The minimum Gasteiger partial charge on any atom is -0.376 e. The number of aromatic nitrogens is 5. The van der Waals surface area contributed by atoms with Crippen molar-refractivity contribution < 1.29 is 14.7 Å². The minimum absolute atomic E-state index is 0.221. The van der Waals surface area contributed by atoms with Gasteiger partial charge >= 0.3 is 0 Å². The minimum atomic E-state index is -0.620. The van der Waals surface area contributed by atoms with Gasteiger partial charge < -0.3 is 9.64 Å². The van der Waals surface area contributed by atoms with Crippen LogP contribution in [0.2, 0.25) is 0 Å². The quantitative estimate of drug-likeness (QED) is 0.472. The number of piperidine rings is 1. The first-order valence-electron chi connectivity index (χ1n) is 9.51. The van der Waals surface area contributed by atoms with Crippen LogP contribution in [0.5, 0.6) is 0 Å². The number of benzene rings is 1. The van der Waals surface area contributed by atoms with Gasteiger partial charge in [0.15, 0.2) is 0 Å². The lowest BCUT2D eigenvalue weighted by atomic mass is 9.98. The third kappa shape index (κ3) is 4.33. The Morgan fingerprint density at radius 1 is 1.28 bits per heavy atom. The van der Waals surface area contributed by atoms with Crippen LogP contribution < -0.4 is 10.4 Å². The molecule has 3 heterocycles. The van der Waals surface area contributed by atoms with Gasteiger partial charge in [0.25, 0.3) is 5.91 Å². The van der Waals surface area contributed by atoms with Crippen molar-refractivity contribution in [2.24, 2.45) is 13.0 Å². The molecule has 0 bridgehead atoms. The van der Waals surface area contributed by atoms with Gasteiger partial charge in [0, 0.05) is 39.1 Å². The fourth-order valence-corrected chi connectivity index (χ4v) is 3.49. The number of ether oxygens (including phenoxy) is 1. The topological polar surface area (TPSA) is 118 Å². The van der Waals surface area contributed by atoms with Gasteiger partial charge in [-0.3, -0.25) is 10.0 Å². The number of nitrogens with zero attached hydrogens (tertiary/aromatic N) is 6. The number of fused-ring (bicyclic) bond motifs is 1. The van der Waals surface area contributed by atoms with Crippen LogP contribution in [0.4, 0.5) is 5.95 Å². The first-order valence-corrected chi connectivity index (χ1v) is 9.51. The number of hydrogen-bond acceptors (Lipinski definition) is 8. The van der Waals surface area contributed by atoms with Crippen molar-refractivity contribution in [2.45, 2.75) is 19.4 Å². The van der Waals surface area contributed by atoms with Gasteiger partial charge in [0.05, 0.1) is 17.7 Å². The monoisotopic (exact) mass is 397 g/mol. The molecule has 2 N–H and O–H groups in total. The number of hydroxylamine groups is 1. The fraction of sp³-hybridized carbons (Fsp3) is 0.421. The van der Waals surface area contributed by atoms with Gasteiger partial charge in [-0.05, 0) is 36.5 Å². The Morgan fingerprint density at radius 2 is 2.03 bits per heavy atom. The molecule has 1 aliphatic rings. The maximum Gasteiger partial charge on any atom is 0.277 e. The number of carbonyl (C=O) groups is 1. The van der Waals surface area contributed by atoms with Crippen molar-refractivity contribution in [2.75, 3.05) is 24.6 Å². The number of hydrogen-bond donors (Lipinski definition) is 2. The van der Waals surface area contributed by atoms with Gasteiger partial charge in [-0.25, -0.2) is 20.1 Å². The van der Waals surface area contributed by atoms with Crippen LogP contribution in [0, 0.1) is 5.92 Å². The van der Waals surface area contributed by atoms with E-state index in [1.165, 1.54) is 12.4 Å². The van der Waals surface area contributed by atoms with Crippen LogP contribution in [0.15, 0.2) is 30.6 Å². The second-order valence-corrected chi connectivity index (χ2v) is 7.19. The molecule has 0 saturated carbocycles. The number of carbonyl (C=O) groups excluding carboxylic acids is 1. The summed E-state index contributed by atoms with van der Waals surface area (Å²) < 4.78 is 7.69. The Kier molecular flexibility index (Phi) is 5.63. The van der Waals surface area contributed by atoms with Crippen molar-refractivity contribution in [1.29, 1.82) is 0 Å². The van der Waals surface area contributed by atoms with E-state index in [9.17, 15) is 4.79 Å². The van der Waals surface area contributed by atoms with E-state index in [1.807, 2.05) is 25.2 Å². The molecule has 1 amide bonds. The summed E-state index contributed by atoms with van der Waals surface area (Å²) in [6.07, 6.45) is 4.81. The zero-order chi connectivity index (χ0) is 20.2. The highest BCUT2D eigenvalue weighted by atomic mass is 16.5. The van der Waals surface area contributed by atoms with Crippen LogP contribution in [0.1, 0.15) is 28.8 Å². The zero-order valence-corrected chi connectivity index (χ0v) is 16.2. The molecule has 3 aromatic rings. The summed E-state index contributed by atoms with van der Waals surface area (Å²) in [5, 5.41) is 16.8. The molecule has 2 aromatic heterocycles. The lowest BCUT2D eigenvalue weighted by Gasteiger charge is -2.31. The summed E-state index contributed by atoms with van der Waals surface area (Å²) in [4.78, 5) is 21.9. The smallest absolute Gasteiger partial charge is 0.277 e. The molecule has 1 saturated heterocycles. The molecule has 0 atom stereocenters. The van der Waals surface area contributed by atoms with Crippen molar-refractivity contribution in [1.82, 2.24) is 30.4 Å². The number of amides is 1. The van der Waals surface area contributed by atoms with Crippen LogP contribution in [-0.4, -0.2) is 55.8 Å². The van der Waals surface area contributed by atoms with Gasteiger partial charge in [-0.2, -0.15) is 0 Å². The maximum absolute atomic E-state index is 11.3. The van der Waals surface area contributed by atoms with Gasteiger partial charge in [0.2, 0.25) is 5.95 Å². The molecule has 1 aromatic carbocycles. The normalized spacial score (nSPS) is 15.0. The predicted molar refractivity (Wildman–Crippen MR) is 104 cm³/mol. The first-order chi connectivity index (χ1) is 14.1. The SMILES string of the molecule is Cn1nnc2cc(COCC3CCN(c4ncc(C(=O)NO)cn4)CC3)ccc21. The number of aryl methyl sites for hydroxylation is 1. The van der Waals surface area contributed by atoms with E-state index in [0.29, 0.717) is 25.1 Å². The Balaban J connectivity index is 1.23. The summed E-state index contributed by atoms with van der Waals surface area (Å²) in [5.74, 6) is 0.466. The molecule has 152 valence electrons. The van der Waals surface area contributed by atoms with Crippen LogP contribution in [-0.2, 0) is 18.4 Å². The Bertz CT molecular complexity index is 981. The number of rotatable bonds is 6. The third-order valence-electron chi connectivity index (χ3n) is 5.20. The van der Waals surface area contributed by atoms with E-state index in [0.717, 1.165) is 42.5 Å². The first kappa shape index (κ1) is 19.2. The summed E-state index contributed by atoms with van der Waals surface area (Å²) in [7, 11) is 1.88. The van der Waals surface area contributed by atoms with E-state index in [2.05, 4.69) is 25.2 Å². The third-order valence-corrected chi connectivity index (χ3v) is 5.20. The van der Waals surface area contributed by atoms with Crippen molar-refractivity contribution >= 4 is 22.9 Å². The molecule has 10 nitrogen and oxygen atoms in total. The lowest BCUT2D eigenvalue weighted by molar-refractivity contribution is 0.0705. The zero-order valence-electron chi connectivity index (χ0n) is 16.2. The Hall–Kier alpha value is -3.11. The van der Waals surface area contributed by atoms with Gasteiger partial charge in [-0.1, -0.05) is 11.3 Å². The molecule has 1 fully saturated rings. The van der Waals surface area contributed by atoms with Crippen molar-refractivity contribution in [3.8, 4) is 0 Å². The molecule has 4 rings (SSSR count). The Labute approximate surface area is 167 Å². The molecule has 0 unspecified atom stereocenters. The van der Waals surface area contributed by atoms with Gasteiger partial charge in [-0.15, -0.1) is 5.10 Å². The second-order valence-electron chi connectivity index (χ2n) is 7.19. The summed E-state index contributed by atoms with van der Waals surface area (Å²) in [6, 6.07) is 6.08. The second kappa shape index (κ2) is 8.50. The average molecular weight is 397 g/mol. The van der Waals surface area contributed by atoms with Crippen LogP contribution in [0.25, 0.3) is 11.0 Å². The van der Waals surface area contributed by atoms with E-state index >= 15 is 0 Å². The van der Waals surface area contributed by atoms with E-state index < -0.39 is 5.91 Å². The predicted octanol–water partition coefficient (Wildman–Crippen LogP) is 1.31. The van der Waals surface area contributed by atoms with Gasteiger partial charge in [0.1, 0.15) is 5.52 Å². The molecule has 0 aliphatic carbocycles. The molecular weight excluding hydrogens is 374 g/mol. The highest BCUT2D eigenvalue weighted by Crippen LogP contribution is 2.21. The van der Waals surface area contributed by atoms with E-state index in [-0.39, 0.29) is 5.56 Å². The lowest BCUT2D eigenvalue weighted by Crippen LogP contribution is -2.36. The number of nitrogens with one attached hydrogen (secondary N) is 1. The van der Waals surface area contributed by atoms with Crippen LogP contribution in [0.3, 0.4) is 0 Å². The molecule has 0 spiro atoms. The standard InChI is InChI=1S/C19H23N7O3/c1-25-17-3-2-14(8-16(17)22-24-25)12-29-11-13-4-6-26(7-5-13)19-20-9-15(10-21-19)18(27)23-28/h2-3,8-10,13,28H,4-7,11-12H2,1H3,(H,23,27). The molecule has 1 aliphatic heterocycles. The van der Waals surface area contributed by atoms with Crippen LogP contribution >= 0.6 is 0 Å². The van der Waals surface area contributed by atoms with Crippen molar-refractivity contribution in [3.05, 3.63) is 41.7 Å². The van der Waals surface area contributed by atoms with E-state index in [1.54, 1.807) is 10.2 Å². The molecule has 0 radical (unpaired) electrons. The van der Waals surface area contributed by atoms with Crippen molar-refractivity contribution in [3.63, 3.8) is 0 Å². The molecule has 10 heteroatoms. The summed E-state index contributed by atoms with van der Waals surface area (Å²) in [6.45, 7) is 2.95. The average Bonchev–Trinajstić information content (AvgIpc) is 3.14. The summed E-state index contributed by atoms with van der Waals surface area (Å²) in [5.41, 5.74) is 4.77. The maximum atomic E-state index is 11.3. The molecular formula is C19H23N7O3. The highest BCUT2D eigenvalue weighted by molar-refractivity contribution is 5.92. The fourth-order valence-electron chi connectivity index (χ4n) is 3.49.